The maximum atomic E-state index is 12.0. The van der Waals surface area contributed by atoms with Gasteiger partial charge < -0.3 is 0 Å². The first-order valence-electron chi connectivity index (χ1n) is 5.26. The van der Waals surface area contributed by atoms with Gasteiger partial charge in [-0.05, 0) is 46.6 Å². The van der Waals surface area contributed by atoms with Crippen molar-refractivity contribution in [3.05, 3.63) is 50.6 Å². The summed E-state index contributed by atoms with van der Waals surface area (Å²) in [6.45, 7) is 2.18. The normalized spacial score (nSPS) is 11.7. The van der Waals surface area contributed by atoms with Crippen LogP contribution >= 0.6 is 27.3 Å². The highest BCUT2D eigenvalue weighted by Gasteiger charge is 2.13. The van der Waals surface area contributed by atoms with Gasteiger partial charge in [0.05, 0.1) is 4.90 Å². The van der Waals surface area contributed by atoms with Gasteiger partial charge in [-0.1, -0.05) is 12.1 Å². The van der Waals surface area contributed by atoms with Crippen molar-refractivity contribution in [3.8, 4) is 0 Å². The van der Waals surface area contributed by atoms with E-state index in [9.17, 15) is 8.42 Å². The lowest BCUT2D eigenvalue weighted by Crippen LogP contribution is -2.22. The first-order chi connectivity index (χ1) is 8.47. The Bertz CT molecular complexity index is 650. The monoisotopic (exact) mass is 345 g/mol. The molecule has 0 radical (unpaired) electrons. The van der Waals surface area contributed by atoms with Gasteiger partial charge in [0.2, 0.25) is 10.0 Å². The molecule has 0 unspecified atom stereocenters. The van der Waals surface area contributed by atoms with Gasteiger partial charge in [-0.25, -0.2) is 13.1 Å². The second kappa shape index (κ2) is 5.52. The van der Waals surface area contributed by atoms with Crippen LogP contribution in [0.4, 0.5) is 0 Å². The quantitative estimate of drug-likeness (QED) is 0.923. The van der Waals surface area contributed by atoms with Crippen LogP contribution in [0, 0.1) is 6.92 Å². The first kappa shape index (κ1) is 13.7. The van der Waals surface area contributed by atoms with Gasteiger partial charge >= 0.3 is 0 Å². The largest absolute Gasteiger partial charge is 0.240 e. The highest BCUT2D eigenvalue weighted by atomic mass is 79.9. The molecule has 2 rings (SSSR count). The van der Waals surface area contributed by atoms with E-state index in [0.717, 1.165) is 14.9 Å². The summed E-state index contributed by atoms with van der Waals surface area (Å²) in [5, 5.41) is 1.93. The molecule has 0 aliphatic rings. The molecule has 18 heavy (non-hydrogen) atoms. The molecule has 1 N–H and O–H groups in total. The molecule has 1 heterocycles. The van der Waals surface area contributed by atoms with E-state index in [2.05, 4.69) is 20.7 Å². The zero-order valence-corrected chi connectivity index (χ0v) is 12.9. The van der Waals surface area contributed by atoms with E-state index in [1.165, 1.54) is 11.3 Å². The average Bonchev–Trinajstić information content (AvgIpc) is 2.73. The van der Waals surface area contributed by atoms with E-state index in [1.54, 1.807) is 18.2 Å². The van der Waals surface area contributed by atoms with Crippen molar-refractivity contribution >= 4 is 37.3 Å². The zero-order valence-electron chi connectivity index (χ0n) is 9.68. The van der Waals surface area contributed by atoms with Gasteiger partial charge in [0.1, 0.15) is 0 Å². The van der Waals surface area contributed by atoms with Crippen LogP contribution in [0.5, 0.6) is 0 Å². The SMILES string of the molecule is Cc1cccc(S(=O)(=O)NCc2cc(Br)cs2)c1. The molecule has 0 aliphatic carbocycles. The van der Waals surface area contributed by atoms with Gasteiger partial charge in [-0.2, -0.15) is 0 Å². The van der Waals surface area contributed by atoms with Crippen molar-refractivity contribution in [2.75, 3.05) is 0 Å². The highest BCUT2D eigenvalue weighted by molar-refractivity contribution is 9.10. The summed E-state index contributed by atoms with van der Waals surface area (Å²) in [5.74, 6) is 0. The van der Waals surface area contributed by atoms with E-state index in [-0.39, 0.29) is 0 Å². The number of hydrogen-bond acceptors (Lipinski definition) is 3. The number of aryl methyl sites for hydroxylation is 1. The molecule has 2 aromatic rings. The summed E-state index contributed by atoms with van der Waals surface area (Å²) >= 11 is 4.85. The van der Waals surface area contributed by atoms with Crippen molar-refractivity contribution in [3.63, 3.8) is 0 Å². The third-order valence-corrected chi connectivity index (χ3v) is 5.45. The van der Waals surface area contributed by atoms with Crippen LogP contribution in [-0.4, -0.2) is 8.42 Å². The summed E-state index contributed by atoms with van der Waals surface area (Å²) in [7, 11) is -3.43. The summed E-state index contributed by atoms with van der Waals surface area (Å²) in [4.78, 5) is 1.27. The molecule has 0 fully saturated rings. The Labute approximate surface area is 119 Å². The average molecular weight is 346 g/mol. The fraction of sp³-hybridized carbons (Fsp3) is 0.167. The fourth-order valence-electron chi connectivity index (χ4n) is 1.48. The van der Waals surface area contributed by atoms with E-state index >= 15 is 0 Å². The van der Waals surface area contributed by atoms with Crippen molar-refractivity contribution in [1.29, 1.82) is 0 Å². The number of halogens is 1. The molecule has 0 bridgehead atoms. The third-order valence-electron chi connectivity index (χ3n) is 2.36. The molecule has 0 spiro atoms. The Morgan fingerprint density at radius 2 is 2.11 bits per heavy atom. The Morgan fingerprint density at radius 1 is 1.33 bits per heavy atom. The van der Waals surface area contributed by atoms with Gasteiger partial charge in [0, 0.05) is 21.3 Å². The number of hydrogen-bond donors (Lipinski definition) is 1. The van der Waals surface area contributed by atoms with Crippen LogP contribution in [0.25, 0.3) is 0 Å². The number of thiophene rings is 1. The van der Waals surface area contributed by atoms with Gasteiger partial charge in [0.15, 0.2) is 0 Å². The predicted octanol–water partition coefficient (Wildman–Crippen LogP) is 3.30. The lowest BCUT2D eigenvalue weighted by atomic mass is 10.2. The predicted molar refractivity (Wildman–Crippen MR) is 77.2 cm³/mol. The Morgan fingerprint density at radius 3 is 2.72 bits per heavy atom. The van der Waals surface area contributed by atoms with Crippen molar-refractivity contribution < 1.29 is 8.42 Å². The van der Waals surface area contributed by atoms with Crippen molar-refractivity contribution in [1.82, 2.24) is 4.72 Å². The molecule has 1 aromatic carbocycles. The second-order valence-corrected chi connectivity index (χ2v) is 7.55. The summed E-state index contributed by atoms with van der Waals surface area (Å²) in [5.41, 5.74) is 0.928. The Kier molecular flexibility index (Phi) is 4.21. The van der Waals surface area contributed by atoms with E-state index < -0.39 is 10.0 Å². The highest BCUT2D eigenvalue weighted by Crippen LogP contribution is 2.20. The third kappa shape index (κ3) is 3.41. The van der Waals surface area contributed by atoms with E-state index in [1.807, 2.05) is 24.4 Å². The molecular formula is C12H12BrNO2S2. The molecule has 96 valence electrons. The molecule has 3 nitrogen and oxygen atoms in total. The summed E-state index contributed by atoms with van der Waals surface area (Å²) < 4.78 is 27.7. The minimum absolute atomic E-state index is 0.304. The minimum atomic E-state index is -3.43. The number of benzene rings is 1. The van der Waals surface area contributed by atoms with Crippen LogP contribution in [0.15, 0.2) is 45.1 Å². The molecule has 1 aromatic heterocycles. The van der Waals surface area contributed by atoms with Gasteiger partial charge in [0.25, 0.3) is 0 Å². The number of rotatable bonds is 4. The van der Waals surface area contributed by atoms with Crippen LogP contribution < -0.4 is 4.72 Å². The topological polar surface area (TPSA) is 46.2 Å². The van der Waals surface area contributed by atoms with Crippen LogP contribution in [0.3, 0.4) is 0 Å². The molecule has 0 amide bonds. The maximum Gasteiger partial charge on any atom is 0.240 e. The van der Waals surface area contributed by atoms with E-state index in [4.69, 9.17) is 0 Å². The Balaban J connectivity index is 2.13. The standard InChI is InChI=1S/C12H12BrNO2S2/c1-9-3-2-4-12(5-9)18(15,16)14-7-11-6-10(13)8-17-11/h2-6,8,14H,7H2,1H3. The van der Waals surface area contributed by atoms with Crippen molar-refractivity contribution in [2.45, 2.75) is 18.4 Å². The summed E-state index contributed by atoms with van der Waals surface area (Å²) in [6, 6.07) is 8.77. The Hall–Kier alpha value is -0.690. The van der Waals surface area contributed by atoms with Gasteiger partial charge in [-0.15, -0.1) is 11.3 Å². The van der Waals surface area contributed by atoms with Crippen LogP contribution in [-0.2, 0) is 16.6 Å². The fourth-order valence-corrected chi connectivity index (χ4v) is 4.07. The zero-order chi connectivity index (χ0) is 13.2. The second-order valence-electron chi connectivity index (χ2n) is 3.87. The smallest absolute Gasteiger partial charge is 0.207 e. The molecule has 0 atom stereocenters. The maximum absolute atomic E-state index is 12.0. The van der Waals surface area contributed by atoms with Crippen molar-refractivity contribution in [2.24, 2.45) is 0 Å². The molecular weight excluding hydrogens is 334 g/mol. The van der Waals surface area contributed by atoms with Gasteiger partial charge in [-0.3, -0.25) is 0 Å². The van der Waals surface area contributed by atoms with E-state index in [0.29, 0.717) is 11.4 Å². The van der Waals surface area contributed by atoms with Crippen LogP contribution in [0.1, 0.15) is 10.4 Å². The molecule has 0 saturated heterocycles. The molecule has 6 heteroatoms. The molecule has 0 aliphatic heterocycles. The summed E-state index contributed by atoms with van der Waals surface area (Å²) in [6.07, 6.45) is 0. The molecule has 0 saturated carbocycles. The number of sulfonamides is 1. The number of nitrogens with one attached hydrogen (secondary N) is 1. The lowest BCUT2D eigenvalue weighted by Gasteiger charge is -2.06. The first-order valence-corrected chi connectivity index (χ1v) is 8.42. The minimum Gasteiger partial charge on any atom is -0.207 e. The van der Waals surface area contributed by atoms with Crippen LogP contribution in [0.2, 0.25) is 0 Å². The lowest BCUT2D eigenvalue weighted by molar-refractivity contribution is 0.581.